The summed E-state index contributed by atoms with van der Waals surface area (Å²) >= 11 is 3.62. The number of fused-ring (bicyclic) bond motifs is 1. The summed E-state index contributed by atoms with van der Waals surface area (Å²) < 4.78 is 2.37. The van der Waals surface area contributed by atoms with Gasteiger partial charge in [-0.25, -0.2) is 4.98 Å². The molecule has 9 heteroatoms. The number of nitrogens with zero attached hydrogens (tertiary/aromatic N) is 5. The number of aliphatic hydroxyl groups is 1. The van der Waals surface area contributed by atoms with Crippen LogP contribution in [0.4, 0.5) is 5.82 Å². The van der Waals surface area contributed by atoms with E-state index in [9.17, 15) is 9.90 Å². The zero-order chi connectivity index (χ0) is 23.8. The second-order valence-corrected chi connectivity index (χ2v) is 9.36. The first kappa shape index (κ1) is 22.5. The molecule has 34 heavy (non-hydrogen) atoms. The number of carbonyl (C=O) groups excluding carboxylic acids is 1. The van der Waals surface area contributed by atoms with Gasteiger partial charge in [0.05, 0.1) is 22.1 Å². The molecule has 174 valence electrons. The van der Waals surface area contributed by atoms with Gasteiger partial charge in [-0.15, -0.1) is 0 Å². The van der Waals surface area contributed by atoms with E-state index in [-0.39, 0.29) is 11.8 Å². The number of amides is 1. The highest BCUT2D eigenvalue weighted by Gasteiger charge is 2.29. The Kier molecular flexibility index (Phi) is 6.05. The van der Waals surface area contributed by atoms with E-state index in [1.807, 2.05) is 48.7 Å². The van der Waals surface area contributed by atoms with Crippen molar-refractivity contribution in [3.05, 3.63) is 65.0 Å². The molecule has 1 saturated heterocycles. The Morgan fingerprint density at radius 2 is 1.85 bits per heavy atom. The summed E-state index contributed by atoms with van der Waals surface area (Å²) in [7, 11) is 0. The number of likely N-dealkylation sites (tertiary alicyclic amines) is 1. The van der Waals surface area contributed by atoms with Crippen LogP contribution in [-0.4, -0.2) is 54.7 Å². The zero-order valence-electron chi connectivity index (χ0n) is 18.7. The minimum atomic E-state index is -0.982. The quantitative estimate of drug-likeness (QED) is 0.422. The van der Waals surface area contributed by atoms with E-state index in [0.717, 1.165) is 45.4 Å². The predicted molar refractivity (Wildman–Crippen MR) is 134 cm³/mol. The van der Waals surface area contributed by atoms with Crippen LogP contribution in [0.1, 0.15) is 31.4 Å². The van der Waals surface area contributed by atoms with E-state index in [0.29, 0.717) is 24.6 Å². The maximum absolute atomic E-state index is 12.1. The molecule has 0 spiro atoms. The SMILES string of the molecule is C[C@@H](O)C(=O)N1CCC(c2nc3c(-c4ccc(-c5ccccc5)nc4)cnn3c(N)c2Br)CC1. The average molecular weight is 521 g/mol. The average Bonchev–Trinajstić information content (AvgIpc) is 3.30. The van der Waals surface area contributed by atoms with Crippen molar-refractivity contribution in [2.45, 2.75) is 31.8 Å². The van der Waals surface area contributed by atoms with Crippen molar-refractivity contribution in [3.8, 4) is 22.4 Å². The van der Waals surface area contributed by atoms with Gasteiger partial charge < -0.3 is 15.7 Å². The molecular formula is C25H25BrN6O2. The molecule has 0 radical (unpaired) electrons. The van der Waals surface area contributed by atoms with E-state index in [2.05, 4.69) is 26.0 Å². The Morgan fingerprint density at radius 3 is 2.50 bits per heavy atom. The molecule has 0 saturated carbocycles. The van der Waals surface area contributed by atoms with Crippen LogP contribution in [0.25, 0.3) is 28.0 Å². The molecule has 1 atom stereocenters. The molecular weight excluding hydrogens is 496 g/mol. The fraction of sp³-hybridized carbons (Fsp3) is 0.280. The summed E-state index contributed by atoms with van der Waals surface area (Å²) in [6.45, 7) is 2.65. The number of anilines is 1. The molecule has 1 aliphatic rings. The summed E-state index contributed by atoms with van der Waals surface area (Å²) in [6.07, 6.45) is 4.11. The van der Waals surface area contributed by atoms with Crippen molar-refractivity contribution in [2.75, 3.05) is 18.8 Å². The maximum Gasteiger partial charge on any atom is 0.251 e. The van der Waals surface area contributed by atoms with Crippen molar-refractivity contribution in [2.24, 2.45) is 0 Å². The number of hydrogen-bond acceptors (Lipinski definition) is 6. The fourth-order valence-electron chi connectivity index (χ4n) is 4.46. The molecule has 0 bridgehead atoms. The van der Waals surface area contributed by atoms with Gasteiger partial charge in [-0.05, 0) is 41.8 Å². The van der Waals surface area contributed by atoms with Crippen LogP contribution in [0.15, 0.2) is 59.3 Å². The number of aliphatic hydroxyl groups excluding tert-OH is 1. The highest BCUT2D eigenvalue weighted by molar-refractivity contribution is 9.10. The summed E-state index contributed by atoms with van der Waals surface area (Å²) in [5.74, 6) is 0.397. The molecule has 4 aromatic rings. The van der Waals surface area contributed by atoms with Crippen molar-refractivity contribution in [1.82, 2.24) is 24.5 Å². The molecule has 0 aliphatic carbocycles. The fourth-order valence-corrected chi connectivity index (χ4v) is 5.04. The molecule has 8 nitrogen and oxygen atoms in total. The molecule has 0 unspecified atom stereocenters. The number of nitrogen functional groups attached to an aromatic ring is 1. The Bertz CT molecular complexity index is 1330. The zero-order valence-corrected chi connectivity index (χ0v) is 20.3. The Balaban J connectivity index is 1.46. The number of benzene rings is 1. The second-order valence-electron chi connectivity index (χ2n) is 8.56. The lowest BCUT2D eigenvalue weighted by molar-refractivity contribution is -0.140. The minimum Gasteiger partial charge on any atom is -0.384 e. The standard InChI is InChI=1S/C25H25BrN6O2/c1-15(33)25(34)31-11-9-17(10-12-31)22-21(26)23(27)32-24(30-22)19(14-29-32)18-7-8-20(28-13-18)16-5-3-2-4-6-16/h2-8,13-15,17,33H,9-12,27H2,1H3/t15-/m1/s1. The normalized spacial score (nSPS) is 15.6. The molecule has 4 heterocycles. The Labute approximate surface area is 205 Å². The van der Waals surface area contributed by atoms with Gasteiger partial charge in [0.25, 0.3) is 5.91 Å². The number of rotatable bonds is 4. The van der Waals surface area contributed by atoms with Crippen LogP contribution in [0, 0.1) is 0 Å². The number of pyridine rings is 1. The third kappa shape index (κ3) is 4.05. The molecule has 1 amide bonds. The Morgan fingerprint density at radius 1 is 1.12 bits per heavy atom. The van der Waals surface area contributed by atoms with Crippen LogP contribution in [-0.2, 0) is 4.79 Å². The summed E-state index contributed by atoms with van der Waals surface area (Å²) in [5, 5.41) is 14.1. The lowest BCUT2D eigenvalue weighted by atomic mass is 9.93. The molecule has 1 aliphatic heterocycles. The molecule has 1 fully saturated rings. The van der Waals surface area contributed by atoms with Crippen LogP contribution >= 0.6 is 15.9 Å². The van der Waals surface area contributed by atoms with Gasteiger partial charge in [0.15, 0.2) is 5.65 Å². The van der Waals surface area contributed by atoms with E-state index in [1.165, 1.54) is 6.92 Å². The highest BCUT2D eigenvalue weighted by Crippen LogP contribution is 2.37. The number of hydrogen-bond donors (Lipinski definition) is 2. The van der Waals surface area contributed by atoms with Crippen LogP contribution < -0.4 is 5.73 Å². The highest BCUT2D eigenvalue weighted by atomic mass is 79.9. The third-order valence-corrected chi connectivity index (χ3v) is 7.16. The number of carbonyl (C=O) groups is 1. The van der Waals surface area contributed by atoms with Gasteiger partial charge in [-0.2, -0.15) is 9.61 Å². The molecule has 5 rings (SSSR count). The van der Waals surface area contributed by atoms with Gasteiger partial charge in [-0.1, -0.05) is 36.4 Å². The number of halogens is 1. The number of piperidine rings is 1. The van der Waals surface area contributed by atoms with Gasteiger partial charge in [-0.3, -0.25) is 9.78 Å². The largest absolute Gasteiger partial charge is 0.384 e. The minimum absolute atomic E-state index is 0.140. The maximum atomic E-state index is 12.1. The van der Waals surface area contributed by atoms with Gasteiger partial charge >= 0.3 is 0 Å². The van der Waals surface area contributed by atoms with Crippen molar-refractivity contribution in [1.29, 1.82) is 0 Å². The van der Waals surface area contributed by atoms with Crippen molar-refractivity contribution >= 4 is 33.3 Å². The summed E-state index contributed by atoms with van der Waals surface area (Å²) in [4.78, 5) is 23.5. The van der Waals surface area contributed by atoms with Crippen molar-refractivity contribution in [3.63, 3.8) is 0 Å². The van der Waals surface area contributed by atoms with Gasteiger partial charge in [0.2, 0.25) is 0 Å². The first-order valence-corrected chi connectivity index (χ1v) is 12.0. The predicted octanol–water partition coefficient (Wildman–Crippen LogP) is 3.89. The summed E-state index contributed by atoms with van der Waals surface area (Å²) in [6, 6.07) is 14.0. The van der Waals surface area contributed by atoms with E-state index >= 15 is 0 Å². The topological polar surface area (TPSA) is 110 Å². The Hall–Kier alpha value is -3.30. The van der Waals surface area contributed by atoms with Crippen molar-refractivity contribution < 1.29 is 9.90 Å². The smallest absolute Gasteiger partial charge is 0.251 e. The van der Waals surface area contributed by atoms with Gasteiger partial charge in [0.1, 0.15) is 11.9 Å². The third-order valence-electron chi connectivity index (χ3n) is 6.34. The van der Waals surface area contributed by atoms with Crippen LogP contribution in [0.5, 0.6) is 0 Å². The first-order valence-electron chi connectivity index (χ1n) is 11.3. The monoisotopic (exact) mass is 520 g/mol. The summed E-state index contributed by atoms with van der Waals surface area (Å²) in [5.41, 5.74) is 11.7. The van der Waals surface area contributed by atoms with Crippen LogP contribution in [0.3, 0.4) is 0 Å². The van der Waals surface area contributed by atoms with E-state index < -0.39 is 6.10 Å². The lowest BCUT2D eigenvalue weighted by Gasteiger charge is -2.33. The first-order chi connectivity index (χ1) is 16.4. The second kappa shape index (κ2) is 9.15. The molecule has 3 N–H and O–H groups in total. The van der Waals surface area contributed by atoms with E-state index in [1.54, 1.807) is 15.6 Å². The lowest BCUT2D eigenvalue weighted by Crippen LogP contribution is -2.42. The number of nitrogens with two attached hydrogens (primary N) is 1. The van der Waals surface area contributed by atoms with Gasteiger partial charge in [0, 0.05) is 41.9 Å². The van der Waals surface area contributed by atoms with Crippen LogP contribution in [0.2, 0.25) is 0 Å². The molecule has 1 aromatic carbocycles. The number of aromatic nitrogens is 4. The molecule has 3 aromatic heterocycles. The van der Waals surface area contributed by atoms with E-state index in [4.69, 9.17) is 10.7 Å².